The van der Waals surface area contributed by atoms with Gasteiger partial charge >= 0.3 is 16.2 Å². The predicted octanol–water partition coefficient (Wildman–Crippen LogP) is 2.90. The highest BCUT2D eigenvalue weighted by molar-refractivity contribution is 7.91. The molecule has 0 bridgehead atoms. The van der Waals surface area contributed by atoms with E-state index in [0.29, 0.717) is 37.5 Å². The molecule has 1 N–H and O–H groups in total. The number of urea groups is 1. The molecule has 1 aliphatic rings. The van der Waals surface area contributed by atoms with Gasteiger partial charge in [0.1, 0.15) is 0 Å². The lowest BCUT2D eigenvalue weighted by atomic mass is 10.1. The van der Waals surface area contributed by atoms with Gasteiger partial charge < -0.3 is 15.3 Å². The Morgan fingerprint density at radius 2 is 2.07 bits per heavy atom. The van der Waals surface area contributed by atoms with Crippen LogP contribution in [0.5, 0.6) is 0 Å². The van der Waals surface area contributed by atoms with Crippen LogP contribution in [0.3, 0.4) is 0 Å². The van der Waals surface area contributed by atoms with Crippen LogP contribution in [0, 0.1) is 5.21 Å². The smallest absolute Gasteiger partial charge is 0.326 e. The fourth-order valence-corrected chi connectivity index (χ4v) is 4.88. The molecule has 0 atom stereocenters. The minimum atomic E-state index is -4.73. The van der Waals surface area contributed by atoms with Crippen LogP contribution in [-0.4, -0.2) is 48.0 Å². The number of rotatable bonds is 6. The Kier molecular flexibility index (Phi) is 6.86. The van der Waals surface area contributed by atoms with Crippen LogP contribution in [-0.2, 0) is 28.4 Å². The second kappa shape index (κ2) is 9.21. The Bertz CT molecular complexity index is 1010. The summed E-state index contributed by atoms with van der Waals surface area (Å²) in [6.07, 6.45) is 4.24. The van der Waals surface area contributed by atoms with Crippen molar-refractivity contribution in [1.29, 1.82) is 0 Å². The van der Waals surface area contributed by atoms with Crippen LogP contribution >= 0.6 is 11.6 Å². The molecule has 0 unspecified atom stereocenters. The van der Waals surface area contributed by atoms with Crippen molar-refractivity contribution in [3.8, 4) is 0 Å². The van der Waals surface area contributed by atoms with E-state index < -0.39 is 26.8 Å². The number of carbonyl (C=O) groups is 1. The number of anilines is 2. The van der Waals surface area contributed by atoms with E-state index in [2.05, 4.69) is 10.4 Å². The maximum Gasteiger partial charge on any atom is 0.326 e. The summed E-state index contributed by atoms with van der Waals surface area (Å²) >= 11 is 6.03. The first kappa shape index (κ1) is 22.3. The normalized spacial score (nSPS) is 15.1. The molecule has 1 aliphatic heterocycles. The Morgan fingerprint density at radius 3 is 2.67 bits per heavy atom. The van der Waals surface area contributed by atoms with Crippen molar-refractivity contribution >= 4 is 39.2 Å². The number of aromatic nitrogens is 2. The van der Waals surface area contributed by atoms with Gasteiger partial charge in [-0.05, 0) is 43.0 Å². The molecule has 1 aromatic carbocycles. The molecule has 30 heavy (non-hydrogen) atoms. The molecule has 2 heterocycles. The van der Waals surface area contributed by atoms with E-state index in [-0.39, 0.29) is 11.4 Å². The lowest BCUT2D eigenvalue weighted by molar-refractivity contribution is 0.0874. The van der Waals surface area contributed by atoms with Crippen molar-refractivity contribution in [2.45, 2.75) is 32.2 Å². The number of hydrogen-bond donors (Lipinski definition) is 1. The summed E-state index contributed by atoms with van der Waals surface area (Å²) in [7, 11) is -3.10. The van der Waals surface area contributed by atoms with Crippen LogP contribution < -0.4 is 9.62 Å². The highest BCUT2D eigenvalue weighted by Crippen LogP contribution is 2.28. The maximum atomic E-state index is 13.1. The number of amides is 2. The van der Waals surface area contributed by atoms with E-state index in [4.69, 9.17) is 16.3 Å². The van der Waals surface area contributed by atoms with Gasteiger partial charge in [-0.2, -0.15) is 13.5 Å². The molecule has 0 aliphatic carbocycles. The quantitative estimate of drug-likeness (QED) is 0.667. The van der Waals surface area contributed by atoms with Gasteiger partial charge in [0, 0.05) is 37.2 Å². The van der Waals surface area contributed by atoms with Crippen LogP contribution in [0.2, 0.25) is 5.02 Å². The standard InChI is InChI=1S/C18H23ClN5O5S/c1-3-13-8-14(19)10-15(9-13)21-18(25)24(26)30(27,28)23(16-4-6-29-7-5-16)17-11-20-22(2)12-17/h8-12,16H,3-7H2,1-2H3,(H,21,25)/q-1. The second-order valence-electron chi connectivity index (χ2n) is 6.88. The van der Waals surface area contributed by atoms with Crippen LogP contribution in [0.4, 0.5) is 16.2 Å². The summed E-state index contributed by atoms with van der Waals surface area (Å²) in [6, 6.07) is 2.92. The van der Waals surface area contributed by atoms with Gasteiger partial charge in [-0.1, -0.05) is 18.5 Å². The van der Waals surface area contributed by atoms with E-state index in [0.717, 1.165) is 9.87 Å². The number of hydrogen-bond acceptors (Lipinski definition) is 6. The summed E-state index contributed by atoms with van der Waals surface area (Å²) in [5.74, 6) is 0. The zero-order valence-corrected chi connectivity index (χ0v) is 18.2. The largest absolute Gasteiger partial charge is 0.740 e. The van der Waals surface area contributed by atoms with E-state index in [9.17, 15) is 18.4 Å². The Morgan fingerprint density at radius 1 is 1.37 bits per heavy atom. The first-order valence-electron chi connectivity index (χ1n) is 9.41. The zero-order chi connectivity index (χ0) is 21.9. The molecule has 10 nitrogen and oxygen atoms in total. The first-order chi connectivity index (χ1) is 14.2. The van der Waals surface area contributed by atoms with Gasteiger partial charge in [-0.15, -0.1) is 0 Å². The van der Waals surface area contributed by atoms with Crippen LogP contribution in [0.1, 0.15) is 25.3 Å². The van der Waals surface area contributed by atoms with Crippen LogP contribution in [0.15, 0.2) is 30.6 Å². The lowest BCUT2D eigenvalue weighted by Crippen LogP contribution is -2.51. The maximum absolute atomic E-state index is 13.1. The van der Waals surface area contributed by atoms with E-state index in [1.807, 2.05) is 6.92 Å². The number of nitrogens with zero attached hydrogens (tertiary/aromatic N) is 4. The third-order valence-electron chi connectivity index (χ3n) is 4.71. The van der Waals surface area contributed by atoms with E-state index in [1.54, 1.807) is 19.2 Å². The third kappa shape index (κ3) is 4.86. The molecule has 0 saturated carbocycles. The van der Waals surface area contributed by atoms with Crippen LogP contribution in [0.25, 0.3) is 0 Å². The molecule has 164 valence electrons. The SMILES string of the molecule is CCc1cc(Cl)cc(NC(=O)N([O-])S(=O)(=O)N(c2cnn(C)c2)C2CCOCC2)c1. The molecule has 0 radical (unpaired) electrons. The number of carbonyl (C=O) groups excluding carboxylic acids is 1. The molecular weight excluding hydrogens is 434 g/mol. The molecule has 1 fully saturated rings. The average molecular weight is 457 g/mol. The molecule has 2 amide bonds. The molecule has 2 aromatic rings. The first-order valence-corrected chi connectivity index (χ1v) is 11.2. The number of benzene rings is 1. The topological polar surface area (TPSA) is 120 Å². The molecular formula is C18H23ClN5O5S-. The average Bonchev–Trinajstić information content (AvgIpc) is 3.13. The van der Waals surface area contributed by atoms with Gasteiger partial charge in [0.05, 0.1) is 17.9 Å². The number of aryl methyl sites for hydroxylation is 2. The number of nitrogens with one attached hydrogen (secondary N) is 1. The van der Waals surface area contributed by atoms with Gasteiger partial charge in [-0.25, -0.2) is 9.10 Å². The zero-order valence-electron chi connectivity index (χ0n) is 16.6. The number of ether oxygens (including phenoxy) is 1. The summed E-state index contributed by atoms with van der Waals surface area (Å²) < 4.78 is 33.4. The van der Waals surface area contributed by atoms with Gasteiger partial charge in [0.15, 0.2) is 0 Å². The predicted molar refractivity (Wildman–Crippen MR) is 114 cm³/mol. The summed E-state index contributed by atoms with van der Waals surface area (Å²) in [5, 5.41) is 19.3. The summed E-state index contributed by atoms with van der Waals surface area (Å²) in [5.41, 5.74) is 1.27. The van der Waals surface area contributed by atoms with E-state index in [1.165, 1.54) is 23.1 Å². The second-order valence-corrected chi connectivity index (χ2v) is 8.94. The molecule has 3 rings (SSSR count). The van der Waals surface area contributed by atoms with Gasteiger partial charge in [0.2, 0.25) is 0 Å². The summed E-state index contributed by atoms with van der Waals surface area (Å²) in [4.78, 5) is 12.5. The van der Waals surface area contributed by atoms with Gasteiger partial charge in [-0.3, -0.25) is 9.15 Å². The van der Waals surface area contributed by atoms with Crippen molar-refractivity contribution in [3.05, 3.63) is 46.4 Å². The highest BCUT2D eigenvalue weighted by Gasteiger charge is 2.35. The Labute approximate surface area is 180 Å². The number of hydroxylamine groups is 1. The molecule has 0 spiro atoms. The summed E-state index contributed by atoms with van der Waals surface area (Å²) in [6.45, 7) is 2.61. The van der Waals surface area contributed by atoms with Crippen molar-refractivity contribution in [3.63, 3.8) is 0 Å². The minimum absolute atomic E-state index is 0.203. The Hall–Kier alpha value is -2.34. The molecule has 1 saturated heterocycles. The van der Waals surface area contributed by atoms with Gasteiger partial charge in [0.25, 0.3) is 0 Å². The van der Waals surface area contributed by atoms with Crippen molar-refractivity contribution < 1.29 is 17.9 Å². The van der Waals surface area contributed by atoms with Crippen molar-refractivity contribution in [1.82, 2.24) is 14.2 Å². The van der Waals surface area contributed by atoms with Crippen molar-refractivity contribution in [2.75, 3.05) is 22.8 Å². The molecule has 12 heteroatoms. The minimum Gasteiger partial charge on any atom is -0.740 e. The van der Waals surface area contributed by atoms with Crippen molar-refractivity contribution in [2.24, 2.45) is 7.05 Å². The fourth-order valence-electron chi connectivity index (χ4n) is 3.25. The third-order valence-corrected chi connectivity index (χ3v) is 6.52. The fraction of sp³-hybridized carbons (Fsp3) is 0.444. The lowest BCUT2D eigenvalue weighted by Gasteiger charge is -2.39. The Balaban J connectivity index is 1.88. The molecule has 1 aromatic heterocycles. The highest BCUT2D eigenvalue weighted by atomic mass is 35.5. The number of halogens is 1. The van der Waals surface area contributed by atoms with E-state index >= 15 is 0 Å². The monoisotopic (exact) mass is 456 g/mol.